The van der Waals surface area contributed by atoms with Crippen LogP contribution in [0.1, 0.15) is 46.6 Å². The lowest BCUT2D eigenvalue weighted by Crippen LogP contribution is -2.27. The Labute approximate surface area is 185 Å². The maximum absolute atomic E-state index is 13.4. The fourth-order valence-electron chi connectivity index (χ4n) is 3.57. The van der Waals surface area contributed by atoms with Gasteiger partial charge in [-0.1, -0.05) is 44.2 Å². The molecule has 158 valence electrons. The standard InChI is InChI=1S/C25H23FN2O2S/c1-16(2)17-9-11-22(12-10-17)28-23(29)15-31-25(28)19-6-4-8-21(14-19)27-24(30)18-5-3-7-20(26)13-18/h3-14,16,25H,15H2,1-2H3,(H,27,30)/t25-/m0/s1. The zero-order valence-corrected chi connectivity index (χ0v) is 18.2. The van der Waals surface area contributed by atoms with Crippen molar-refractivity contribution < 1.29 is 14.0 Å². The van der Waals surface area contributed by atoms with Gasteiger partial charge in [0.25, 0.3) is 5.91 Å². The molecule has 4 rings (SSSR count). The van der Waals surface area contributed by atoms with Gasteiger partial charge in [-0.05, 0) is 59.5 Å². The quantitative estimate of drug-likeness (QED) is 0.537. The first kappa shape index (κ1) is 21.1. The summed E-state index contributed by atoms with van der Waals surface area (Å²) in [5.41, 5.74) is 3.85. The maximum atomic E-state index is 13.4. The predicted molar refractivity (Wildman–Crippen MR) is 124 cm³/mol. The van der Waals surface area contributed by atoms with Crippen LogP contribution in [0.15, 0.2) is 72.8 Å². The smallest absolute Gasteiger partial charge is 0.255 e. The van der Waals surface area contributed by atoms with E-state index in [-0.39, 0.29) is 22.8 Å². The van der Waals surface area contributed by atoms with Gasteiger partial charge >= 0.3 is 0 Å². The van der Waals surface area contributed by atoms with Crippen LogP contribution in [0.4, 0.5) is 15.8 Å². The average molecular weight is 435 g/mol. The number of benzene rings is 3. The third-order valence-electron chi connectivity index (χ3n) is 5.22. The second kappa shape index (κ2) is 8.94. The molecule has 3 aromatic carbocycles. The molecule has 1 atom stereocenters. The summed E-state index contributed by atoms with van der Waals surface area (Å²) < 4.78 is 13.4. The summed E-state index contributed by atoms with van der Waals surface area (Å²) in [6.45, 7) is 4.27. The lowest BCUT2D eigenvalue weighted by Gasteiger charge is -2.25. The van der Waals surface area contributed by atoms with Crippen molar-refractivity contribution in [2.75, 3.05) is 16.0 Å². The molecule has 0 saturated carbocycles. The molecule has 1 aliphatic heterocycles. The fraction of sp³-hybridized carbons (Fsp3) is 0.200. The van der Waals surface area contributed by atoms with Gasteiger partial charge < -0.3 is 5.32 Å². The molecule has 0 aliphatic carbocycles. The zero-order valence-electron chi connectivity index (χ0n) is 17.3. The van der Waals surface area contributed by atoms with Crippen molar-refractivity contribution in [1.82, 2.24) is 0 Å². The largest absolute Gasteiger partial charge is 0.322 e. The van der Waals surface area contributed by atoms with Gasteiger partial charge in [-0.2, -0.15) is 0 Å². The molecule has 3 aromatic rings. The summed E-state index contributed by atoms with van der Waals surface area (Å²) in [5.74, 6) is 0.0407. The minimum Gasteiger partial charge on any atom is -0.322 e. The van der Waals surface area contributed by atoms with Crippen LogP contribution in [0.25, 0.3) is 0 Å². The van der Waals surface area contributed by atoms with Crippen LogP contribution in [-0.2, 0) is 4.79 Å². The third kappa shape index (κ3) is 4.64. The molecule has 1 fully saturated rings. The van der Waals surface area contributed by atoms with Crippen molar-refractivity contribution in [1.29, 1.82) is 0 Å². The van der Waals surface area contributed by atoms with Crippen LogP contribution < -0.4 is 10.2 Å². The molecule has 2 amide bonds. The van der Waals surface area contributed by atoms with Gasteiger partial charge in [-0.15, -0.1) is 11.8 Å². The van der Waals surface area contributed by atoms with Crippen LogP contribution in [0.3, 0.4) is 0 Å². The first-order valence-electron chi connectivity index (χ1n) is 10.1. The summed E-state index contributed by atoms with van der Waals surface area (Å²) in [5, 5.41) is 2.64. The monoisotopic (exact) mass is 434 g/mol. The van der Waals surface area contributed by atoms with E-state index >= 15 is 0 Å². The minimum absolute atomic E-state index is 0.0569. The zero-order chi connectivity index (χ0) is 22.0. The van der Waals surface area contributed by atoms with E-state index < -0.39 is 5.82 Å². The molecule has 0 bridgehead atoms. The summed E-state index contributed by atoms with van der Waals surface area (Å²) in [6, 6.07) is 21.1. The number of thioether (sulfide) groups is 1. The Morgan fingerprint density at radius 3 is 2.52 bits per heavy atom. The van der Waals surface area contributed by atoms with E-state index in [4.69, 9.17) is 0 Å². The number of halogens is 1. The Kier molecular flexibility index (Phi) is 6.09. The van der Waals surface area contributed by atoms with Crippen LogP contribution in [-0.4, -0.2) is 17.6 Å². The molecule has 0 unspecified atom stereocenters. The van der Waals surface area contributed by atoms with Gasteiger partial charge in [0.2, 0.25) is 5.91 Å². The molecule has 1 saturated heterocycles. The molecular formula is C25H23FN2O2S. The van der Waals surface area contributed by atoms with Crippen LogP contribution in [0, 0.1) is 5.82 Å². The van der Waals surface area contributed by atoms with Gasteiger partial charge in [-0.3, -0.25) is 14.5 Å². The predicted octanol–water partition coefficient (Wildman–Crippen LogP) is 5.98. The Morgan fingerprint density at radius 1 is 1.06 bits per heavy atom. The lowest BCUT2D eigenvalue weighted by atomic mass is 10.0. The number of anilines is 2. The second-order valence-corrected chi connectivity index (χ2v) is 8.83. The van der Waals surface area contributed by atoms with Crippen molar-refractivity contribution in [2.24, 2.45) is 0 Å². The summed E-state index contributed by atoms with van der Waals surface area (Å²) in [4.78, 5) is 26.9. The molecule has 0 radical (unpaired) electrons. The van der Waals surface area contributed by atoms with Crippen molar-refractivity contribution in [3.63, 3.8) is 0 Å². The summed E-state index contributed by atoms with van der Waals surface area (Å²) >= 11 is 1.56. The highest BCUT2D eigenvalue weighted by atomic mass is 32.2. The first-order valence-corrected chi connectivity index (χ1v) is 11.2. The SMILES string of the molecule is CC(C)c1ccc(N2C(=O)CS[C@H]2c2cccc(NC(=O)c3cccc(F)c3)c2)cc1. The highest BCUT2D eigenvalue weighted by Gasteiger charge is 2.34. The maximum Gasteiger partial charge on any atom is 0.255 e. The van der Waals surface area contributed by atoms with Crippen molar-refractivity contribution >= 4 is 35.0 Å². The highest BCUT2D eigenvalue weighted by Crippen LogP contribution is 2.42. The Balaban J connectivity index is 1.57. The van der Waals surface area contributed by atoms with E-state index in [9.17, 15) is 14.0 Å². The normalized spacial score (nSPS) is 16.1. The molecule has 1 N–H and O–H groups in total. The van der Waals surface area contributed by atoms with Gasteiger partial charge in [0.15, 0.2) is 0 Å². The number of rotatable bonds is 5. The number of nitrogens with one attached hydrogen (secondary N) is 1. The average Bonchev–Trinajstić information content (AvgIpc) is 3.15. The lowest BCUT2D eigenvalue weighted by molar-refractivity contribution is -0.115. The van der Waals surface area contributed by atoms with Crippen LogP contribution in [0.5, 0.6) is 0 Å². The van der Waals surface area contributed by atoms with Crippen molar-refractivity contribution in [2.45, 2.75) is 25.1 Å². The molecule has 31 heavy (non-hydrogen) atoms. The molecule has 1 heterocycles. The number of carbonyl (C=O) groups excluding carboxylic acids is 2. The highest BCUT2D eigenvalue weighted by molar-refractivity contribution is 8.00. The fourth-order valence-corrected chi connectivity index (χ4v) is 4.74. The van der Waals surface area contributed by atoms with E-state index in [1.807, 2.05) is 35.2 Å². The Bertz CT molecular complexity index is 1110. The second-order valence-electron chi connectivity index (χ2n) is 7.76. The van der Waals surface area contributed by atoms with Crippen LogP contribution in [0.2, 0.25) is 0 Å². The molecule has 0 spiro atoms. The Hall–Kier alpha value is -3.12. The van der Waals surface area contributed by atoms with E-state index in [1.54, 1.807) is 23.9 Å². The van der Waals surface area contributed by atoms with Crippen LogP contribution >= 0.6 is 11.8 Å². The van der Waals surface area contributed by atoms with Gasteiger partial charge in [0.05, 0.1) is 5.75 Å². The van der Waals surface area contributed by atoms with E-state index in [0.29, 0.717) is 17.4 Å². The summed E-state index contributed by atoms with van der Waals surface area (Å²) in [6.07, 6.45) is 0. The number of amides is 2. The number of carbonyl (C=O) groups is 2. The summed E-state index contributed by atoms with van der Waals surface area (Å²) in [7, 11) is 0. The third-order valence-corrected chi connectivity index (χ3v) is 6.43. The number of hydrogen-bond acceptors (Lipinski definition) is 3. The topological polar surface area (TPSA) is 49.4 Å². The van der Waals surface area contributed by atoms with E-state index in [1.165, 1.54) is 23.8 Å². The number of nitrogens with zero attached hydrogens (tertiary/aromatic N) is 1. The van der Waals surface area contributed by atoms with Gasteiger partial charge in [-0.25, -0.2) is 4.39 Å². The van der Waals surface area contributed by atoms with Gasteiger partial charge in [0.1, 0.15) is 11.2 Å². The van der Waals surface area contributed by atoms with E-state index in [2.05, 4.69) is 31.3 Å². The van der Waals surface area contributed by atoms with Gasteiger partial charge in [0, 0.05) is 16.9 Å². The molecule has 1 aliphatic rings. The minimum atomic E-state index is -0.457. The Morgan fingerprint density at radius 2 is 1.81 bits per heavy atom. The molecule has 6 heteroatoms. The molecule has 0 aromatic heterocycles. The van der Waals surface area contributed by atoms with Crippen molar-refractivity contribution in [3.8, 4) is 0 Å². The van der Waals surface area contributed by atoms with E-state index in [0.717, 1.165) is 11.3 Å². The number of hydrogen-bond donors (Lipinski definition) is 1. The molecule has 4 nitrogen and oxygen atoms in total. The molecular weight excluding hydrogens is 411 g/mol. The van der Waals surface area contributed by atoms with Crippen molar-refractivity contribution in [3.05, 3.63) is 95.3 Å². The first-order chi connectivity index (χ1) is 14.9.